The smallest absolute Gasteiger partial charge is 0.0991 e. The summed E-state index contributed by atoms with van der Waals surface area (Å²) in [5.41, 5.74) is 3.81. The number of imidazole rings is 1. The number of aromatic nitrogens is 2. The summed E-state index contributed by atoms with van der Waals surface area (Å²) >= 11 is 0. The van der Waals surface area contributed by atoms with Gasteiger partial charge in [0.15, 0.2) is 0 Å². The molecule has 1 N–H and O–H groups in total. The van der Waals surface area contributed by atoms with Crippen molar-refractivity contribution >= 4 is 5.69 Å². The van der Waals surface area contributed by atoms with Gasteiger partial charge in [0, 0.05) is 43.8 Å². The maximum absolute atomic E-state index is 4.16. The Hall–Kier alpha value is -2.59. The van der Waals surface area contributed by atoms with E-state index in [1.54, 1.807) is 0 Å². The Morgan fingerprint density at radius 2 is 1.88 bits per heavy atom. The summed E-state index contributed by atoms with van der Waals surface area (Å²) in [7, 11) is 0. The third-order valence-electron chi connectivity index (χ3n) is 4.66. The Morgan fingerprint density at radius 1 is 1.04 bits per heavy atom. The molecule has 1 aliphatic rings. The molecule has 2 heterocycles. The Labute approximate surface area is 142 Å². The molecule has 0 saturated carbocycles. The van der Waals surface area contributed by atoms with Crippen molar-refractivity contribution in [2.45, 2.75) is 19.0 Å². The van der Waals surface area contributed by atoms with Crippen LogP contribution in [0.3, 0.4) is 0 Å². The molecule has 1 aliphatic heterocycles. The van der Waals surface area contributed by atoms with Gasteiger partial charge in [-0.1, -0.05) is 36.4 Å². The fraction of sp³-hybridized carbons (Fsp3) is 0.250. The summed E-state index contributed by atoms with van der Waals surface area (Å²) in [6.07, 6.45) is 6.85. The lowest BCUT2D eigenvalue weighted by Gasteiger charge is -2.19. The molecule has 4 nitrogen and oxygen atoms in total. The van der Waals surface area contributed by atoms with Gasteiger partial charge in [0.2, 0.25) is 0 Å². The summed E-state index contributed by atoms with van der Waals surface area (Å²) in [4.78, 5) is 6.61. The third kappa shape index (κ3) is 3.19. The van der Waals surface area contributed by atoms with Gasteiger partial charge in [0.25, 0.3) is 0 Å². The van der Waals surface area contributed by atoms with E-state index in [4.69, 9.17) is 0 Å². The molecule has 0 bridgehead atoms. The van der Waals surface area contributed by atoms with E-state index in [2.05, 4.69) is 74.4 Å². The normalized spacial score (nSPS) is 17.3. The molecule has 24 heavy (non-hydrogen) atoms. The molecule has 0 radical (unpaired) electrons. The predicted molar refractivity (Wildman–Crippen MR) is 97.5 cm³/mol. The van der Waals surface area contributed by atoms with E-state index in [0.717, 1.165) is 19.6 Å². The highest BCUT2D eigenvalue weighted by Gasteiger charge is 2.22. The Kier molecular flexibility index (Phi) is 4.30. The standard InChI is InChI=1S/C20H22N4/c1-2-7-19(8-3-1)23-12-10-18(15-23)22-14-17-6-4-5-9-20(17)24-13-11-21-16-24/h1-9,11,13,16,18,22H,10,12,14-15H2. The number of rotatable bonds is 5. The average molecular weight is 318 g/mol. The number of hydrogen-bond acceptors (Lipinski definition) is 3. The molecule has 1 aromatic heterocycles. The van der Waals surface area contributed by atoms with Crippen molar-refractivity contribution in [3.63, 3.8) is 0 Å². The van der Waals surface area contributed by atoms with E-state index in [-0.39, 0.29) is 0 Å². The number of para-hydroxylation sites is 2. The first-order chi connectivity index (χ1) is 11.9. The molecule has 1 atom stereocenters. The first-order valence-electron chi connectivity index (χ1n) is 8.50. The van der Waals surface area contributed by atoms with E-state index in [1.807, 2.05) is 18.7 Å². The van der Waals surface area contributed by atoms with Crippen LogP contribution in [0, 0.1) is 0 Å². The molecule has 2 aromatic carbocycles. The largest absolute Gasteiger partial charge is 0.370 e. The summed E-state index contributed by atoms with van der Waals surface area (Å²) in [5, 5.41) is 3.72. The molecule has 4 heteroatoms. The number of benzene rings is 2. The number of hydrogen-bond donors (Lipinski definition) is 1. The van der Waals surface area contributed by atoms with Crippen LogP contribution in [0.1, 0.15) is 12.0 Å². The quantitative estimate of drug-likeness (QED) is 0.784. The van der Waals surface area contributed by atoms with Crippen LogP contribution in [-0.2, 0) is 6.54 Å². The van der Waals surface area contributed by atoms with E-state index in [9.17, 15) is 0 Å². The molecular formula is C20H22N4. The third-order valence-corrected chi connectivity index (χ3v) is 4.66. The maximum Gasteiger partial charge on any atom is 0.0991 e. The van der Waals surface area contributed by atoms with Crippen molar-refractivity contribution in [1.82, 2.24) is 14.9 Å². The summed E-state index contributed by atoms with van der Waals surface area (Å²) in [6, 6.07) is 19.7. The van der Waals surface area contributed by atoms with Gasteiger partial charge in [0.05, 0.1) is 12.0 Å². The van der Waals surface area contributed by atoms with Gasteiger partial charge < -0.3 is 14.8 Å². The lowest BCUT2D eigenvalue weighted by Crippen LogP contribution is -2.32. The molecule has 1 unspecified atom stereocenters. The SMILES string of the molecule is c1ccc(N2CCC(NCc3ccccc3-n3ccnc3)C2)cc1. The second-order valence-electron chi connectivity index (χ2n) is 6.25. The monoisotopic (exact) mass is 318 g/mol. The van der Waals surface area contributed by atoms with Crippen LogP contribution in [0.4, 0.5) is 5.69 Å². The highest BCUT2D eigenvalue weighted by Crippen LogP contribution is 2.20. The van der Waals surface area contributed by atoms with Gasteiger partial charge in [-0.2, -0.15) is 0 Å². The Balaban J connectivity index is 1.40. The second-order valence-corrected chi connectivity index (χ2v) is 6.25. The topological polar surface area (TPSA) is 33.1 Å². The van der Waals surface area contributed by atoms with Crippen molar-refractivity contribution in [2.24, 2.45) is 0 Å². The second kappa shape index (κ2) is 6.89. The van der Waals surface area contributed by atoms with E-state index >= 15 is 0 Å². The fourth-order valence-electron chi connectivity index (χ4n) is 3.37. The van der Waals surface area contributed by atoms with Crippen LogP contribution >= 0.6 is 0 Å². The van der Waals surface area contributed by atoms with E-state index in [0.29, 0.717) is 6.04 Å². The predicted octanol–water partition coefficient (Wildman–Crippen LogP) is 3.24. The zero-order valence-electron chi connectivity index (χ0n) is 13.7. The summed E-state index contributed by atoms with van der Waals surface area (Å²) < 4.78 is 2.07. The van der Waals surface area contributed by atoms with Gasteiger partial charge >= 0.3 is 0 Å². The van der Waals surface area contributed by atoms with Crippen LogP contribution in [0.25, 0.3) is 5.69 Å². The minimum Gasteiger partial charge on any atom is -0.370 e. The lowest BCUT2D eigenvalue weighted by molar-refractivity contribution is 0.550. The minimum atomic E-state index is 0.529. The molecule has 1 saturated heterocycles. The summed E-state index contributed by atoms with van der Waals surface area (Å²) in [5.74, 6) is 0. The van der Waals surface area contributed by atoms with Gasteiger partial charge in [-0.05, 0) is 30.2 Å². The first-order valence-corrected chi connectivity index (χ1v) is 8.50. The minimum absolute atomic E-state index is 0.529. The number of nitrogens with one attached hydrogen (secondary N) is 1. The number of nitrogens with zero attached hydrogens (tertiary/aromatic N) is 3. The van der Waals surface area contributed by atoms with Crippen LogP contribution in [0.2, 0.25) is 0 Å². The van der Waals surface area contributed by atoms with Crippen LogP contribution in [-0.4, -0.2) is 28.7 Å². The van der Waals surface area contributed by atoms with Crippen molar-refractivity contribution < 1.29 is 0 Å². The van der Waals surface area contributed by atoms with Crippen LogP contribution in [0.5, 0.6) is 0 Å². The van der Waals surface area contributed by atoms with Crippen molar-refractivity contribution in [3.05, 3.63) is 78.9 Å². The molecule has 122 valence electrons. The van der Waals surface area contributed by atoms with Crippen molar-refractivity contribution in [1.29, 1.82) is 0 Å². The molecular weight excluding hydrogens is 296 g/mol. The zero-order valence-corrected chi connectivity index (χ0v) is 13.7. The first kappa shape index (κ1) is 15.0. The average Bonchev–Trinajstić information content (AvgIpc) is 3.33. The van der Waals surface area contributed by atoms with Gasteiger partial charge in [-0.3, -0.25) is 0 Å². The maximum atomic E-state index is 4.16. The Morgan fingerprint density at radius 3 is 2.71 bits per heavy atom. The lowest BCUT2D eigenvalue weighted by atomic mass is 10.1. The van der Waals surface area contributed by atoms with E-state index in [1.165, 1.54) is 23.4 Å². The van der Waals surface area contributed by atoms with Crippen LogP contribution in [0.15, 0.2) is 73.3 Å². The Bertz CT molecular complexity index is 767. The molecule has 1 fully saturated rings. The molecule has 4 rings (SSSR count). The van der Waals surface area contributed by atoms with Gasteiger partial charge in [0.1, 0.15) is 0 Å². The van der Waals surface area contributed by atoms with Crippen molar-refractivity contribution in [2.75, 3.05) is 18.0 Å². The van der Waals surface area contributed by atoms with E-state index < -0.39 is 0 Å². The van der Waals surface area contributed by atoms with Gasteiger partial charge in [-0.25, -0.2) is 4.98 Å². The van der Waals surface area contributed by atoms with Gasteiger partial charge in [-0.15, -0.1) is 0 Å². The molecule has 0 aliphatic carbocycles. The molecule has 0 spiro atoms. The molecule has 0 amide bonds. The number of anilines is 1. The van der Waals surface area contributed by atoms with Crippen molar-refractivity contribution in [3.8, 4) is 5.69 Å². The molecule has 3 aromatic rings. The van der Waals surface area contributed by atoms with Crippen LogP contribution < -0.4 is 10.2 Å². The highest BCUT2D eigenvalue weighted by atomic mass is 15.2. The fourth-order valence-corrected chi connectivity index (χ4v) is 3.37. The highest BCUT2D eigenvalue weighted by molar-refractivity contribution is 5.47. The summed E-state index contributed by atoms with van der Waals surface area (Å²) in [6.45, 7) is 3.06. The zero-order chi connectivity index (χ0) is 16.2.